The summed E-state index contributed by atoms with van der Waals surface area (Å²) >= 11 is 1.90. The number of phenols is 1. The van der Waals surface area contributed by atoms with Gasteiger partial charge in [0.05, 0.1) is 5.56 Å². The summed E-state index contributed by atoms with van der Waals surface area (Å²) in [6.45, 7) is 1.78. The van der Waals surface area contributed by atoms with Crippen LogP contribution in [-0.2, 0) is 6.54 Å². The van der Waals surface area contributed by atoms with E-state index < -0.39 is 5.82 Å². The molecule has 0 radical (unpaired) electrons. The number of carbonyl (C=O) groups is 1. The average molecular weight is 283 g/mol. The lowest BCUT2D eigenvalue weighted by Crippen LogP contribution is -2.31. The lowest BCUT2D eigenvalue weighted by Gasteiger charge is -2.24. The first-order valence-corrected chi connectivity index (χ1v) is 7.45. The Kier molecular flexibility index (Phi) is 4.47. The highest BCUT2D eigenvalue weighted by Gasteiger charge is 2.22. The Hall–Kier alpha value is -1.07. The van der Waals surface area contributed by atoms with Crippen molar-refractivity contribution in [3.63, 3.8) is 0 Å². The number of ketones is 1. The van der Waals surface area contributed by atoms with Crippen molar-refractivity contribution in [2.75, 3.05) is 18.6 Å². The fourth-order valence-electron chi connectivity index (χ4n) is 2.31. The standard InChI is InChI=1S/C14H18FNO2S/c1-9(17)13-6-11(15)5-10(14(13)18)7-16(2)12-3-4-19-8-12/h5-6,12,18H,3-4,7-8H2,1-2H3. The number of hydrogen-bond acceptors (Lipinski definition) is 4. The monoisotopic (exact) mass is 283 g/mol. The van der Waals surface area contributed by atoms with Gasteiger partial charge in [0.2, 0.25) is 0 Å². The van der Waals surface area contributed by atoms with Gasteiger partial charge in [0, 0.05) is 23.9 Å². The van der Waals surface area contributed by atoms with Crippen molar-refractivity contribution in [2.24, 2.45) is 0 Å². The quantitative estimate of drug-likeness (QED) is 0.863. The summed E-state index contributed by atoms with van der Waals surface area (Å²) in [7, 11) is 1.97. The zero-order valence-electron chi connectivity index (χ0n) is 11.1. The van der Waals surface area contributed by atoms with E-state index >= 15 is 0 Å². The predicted molar refractivity (Wildman–Crippen MR) is 75.3 cm³/mol. The maximum Gasteiger partial charge on any atom is 0.163 e. The Labute approximate surface area is 116 Å². The largest absolute Gasteiger partial charge is 0.507 e. The Morgan fingerprint density at radius 3 is 2.89 bits per heavy atom. The molecule has 2 rings (SSSR count). The van der Waals surface area contributed by atoms with Crippen molar-refractivity contribution in [1.29, 1.82) is 0 Å². The Morgan fingerprint density at radius 1 is 1.58 bits per heavy atom. The van der Waals surface area contributed by atoms with Gasteiger partial charge in [-0.15, -0.1) is 0 Å². The maximum absolute atomic E-state index is 13.5. The van der Waals surface area contributed by atoms with Crippen LogP contribution in [0.15, 0.2) is 12.1 Å². The summed E-state index contributed by atoms with van der Waals surface area (Å²) < 4.78 is 13.5. The van der Waals surface area contributed by atoms with Crippen LogP contribution in [0.2, 0.25) is 0 Å². The fraction of sp³-hybridized carbons (Fsp3) is 0.500. The Morgan fingerprint density at radius 2 is 2.32 bits per heavy atom. The number of phenolic OH excluding ortho intramolecular Hbond substituents is 1. The third-order valence-electron chi connectivity index (χ3n) is 3.48. The number of hydrogen-bond donors (Lipinski definition) is 1. The minimum Gasteiger partial charge on any atom is -0.507 e. The summed E-state index contributed by atoms with van der Waals surface area (Å²) in [5.41, 5.74) is 0.536. The first kappa shape index (κ1) is 14.3. The van der Waals surface area contributed by atoms with E-state index in [4.69, 9.17) is 0 Å². The fourth-order valence-corrected chi connectivity index (χ4v) is 3.61. The maximum atomic E-state index is 13.5. The number of thioether (sulfide) groups is 1. The molecule has 0 amide bonds. The van der Waals surface area contributed by atoms with Gasteiger partial charge in [0.25, 0.3) is 0 Å². The molecule has 1 aliphatic rings. The molecule has 1 saturated heterocycles. The number of rotatable bonds is 4. The molecule has 1 aromatic carbocycles. The molecule has 0 spiro atoms. The van der Waals surface area contributed by atoms with Crippen molar-refractivity contribution in [1.82, 2.24) is 4.90 Å². The van der Waals surface area contributed by atoms with Crippen LogP contribution < -0.4 is 0 Å². The van der Waals surface area contributed by atoms with Crippen LogP contribution in [-0.4, -0.2) is 40.4 Å². The van der Waals surface area contributed by atoms with E-state index in [1.807, 2.05) is 18.8 Å². The smallest absolute Gasteiger partial charge is 0.163 e. The van der Waals surface area contributed by atoms with Crippen molar-refractivity contribution < 1.29 is 14.3 Å². The molecule has 1 heterocycles. The molecular formula is C14H18FNO2S. The van der Waals surface area contributed by atoms with Crippen LogP contribution in [0, 0.1) is 5.82 Å². The molecule has 1 aromatic rings. The highest BCUT2D eigenvalue weighted by molar-refractivity contribution is 7.99. The molecule has 1 atom stereocenters. The minimum atomic E-state index is -0.479. The summed E-state index contributed by atoms with van der Waals surface area (Å²) in [6.07, 6.45) is 1.11. The zero-order chi connectivity index (χ0) is 14.0. The van der Waals surface area contributed by atoms with E-state index in [9.17, 15) is 14.3 Å². The molecule has 104 valence electrons. The van der Waals surface area contributed by atoms with Gasteiger partial charge >= 0.3 is 0 Å². The molecule has 3 nitrogen and oxygen atoms in total. The SMILES string of the molecule is CC(=O)c1cc(F)cc(CN(C)C2CCSC2)c1O. The number of nitrogens with zero attached hydrogens (tertiary/aromatic N) is 1. The third-order valence-corrected chi connectivity index (χ3v) is 4.63. The zero-order valence-corrected chi connectivity index (χ0v) is 12.0. The number of aromatic hydroxyl groups is 1. The van der Waals surface area contributed by atoms with Gasteiger partial charge in [-0.05, 0) is 38.3 Å². The van der Waals surface area contributed by atoms with E-state index in [1.165, 1.54) is 13.0 Å². The van der Waals surface area contributed by atoms with Crippen molar-refractivity contribution >= 4 is 17.5 Å². The predicted octanol–water partition coefficient (Wildman–Crippen LogP) is 2.67. The van der Waals surface area contributed by atoms with E-state index in [-0.39, 0.29) is 17.1 Å². The second kappa shape index (κ2) is 5.92. The van der Waals surface area contributed by atoms with E-state index in [0.29, 0.717) is 18.2 Å². The molecule has 5 heteroatoms. The third kappa shape index (κ3) is 3.28. The molecule has 0 aromatic heterocycles. The number of carbonyl (C=O) groups excluding carboxylic acids is 1. The molecule has 1 unspecified atom stereocenters. The van der Waals surface area contributed by atoms with Gasteiger partial charge in [-0.2, -0.15) is 11.8 Å². The summed E-state index contributed by atoms with van der Waals surface area (Å²) in [5.74, 6) is 1.31. The minimum absolute atomic E-state index is 0.0594. The van der Waals surface area contributed by atoms with E-state index in [2.05, 4.69) is 4.90 Å². The van der Waals surface area contributed by atoms with Crippen molar-refractivity contribution in [2.45, 2.75) is 25.9 Å². The second-order valence-electron chi connectivity index (χ2n) is 4.95. The summed E-state index contributed by atoms with van der Waals surface area (Å²) in [4.78, 5) is 13.5. The van der Waals surface area contributed by atoms with Gasteiger partial charge in [0.1, 0.15) is 11.6 Å². The van der Waals surface area contributed by atoms with Gasteiger partial charge in [-0.25, -0.2) is 4.39 Å². The van der Waals surface area contributed by atoms with Gasteiger partial charge in [-0.3, -0.25) is 9.69 Å². The van der Waals surface area contributed by atoms with Crippen LogP contribution in [0.4, 0.5) is 4.39 Å². The normalized spacial score (nSPS) is 19.1. The molecule has 0 aliphatic carbocycles. The highest BCUT2D eigenvalue weighted by Crippen LogP contribution is 2.28. The van der Waals surface area contributed by atoms with E-state index in [1.54, 1.807) is 0 Å². The molecule has 0 saturated carbocycles. The van der Waals surface area contributed by atoms with Crippen LogP contribution in [0.5, 0.6) is 5.75 Å². The van der Waals surface area contributed by atoms with E-state index in [0.717, 1.165) is 24.0 Å². The molecular weight excluding hydrogens is 265 g/mol. The molecule has 1 aliphatic heterocycles. The average Bonchev–Trinajstić information content (AvgIpc) is 2.86. The van der Waals surface area contributed by atoms with Crippen molar-refractivity contribution in [3.8, 4) is 5.75 Å². The van der Waals surface area contributed by atoms with Crippen LogP contribution in [0.25, 0.3) is 0 Å². The van der Waals surface area contributed by atoms with Crippen LogP contribution in [0.3, 0.4) is 0 Å². The molecule has 1 N–H and O–H groups in total. The van der Waals surface area contributed by atoms with Gasteiger partial charge in [0.15, 0.2) is 5.78 Å². The summed E-state index contributed by atoms with van der Waals surface area (Å²) in [6, 6.07) is 2.85. The first-order valence-electron chi connectivity index (χ1n) is 6.29. The lowest BCUT2D eigenvalue weighted by atomic mass is 10.0. The van der Waals surface area contributed by atoms with Crippen LogP contribution in [0.1, 0.15) is 29.3 Å². The number of benzene rings is 1. The van der Waals surface area contributed by atoms with Gasteiger partial charge < -0.3 is 5.11 Å². The van der Waals surface area contributed by atoms with Crippen LogP contribution >= 0.6 is 11.8 Å². The number of halogens is 1. The Balaban J connectivity index is 2.21. The topological polar surface area (TPSA) is 40.5 Å². The number of Topliss-reactive ketones (excluding diaryl/α,β-unsaturated/α-hetero) is 1. The summed E-state index contributed by atoms with van der Waals surface area (Å²) in [5, 5.41) is 10.1. The molecule has 1 fully saturated rings. The highest BCUT2D eigenvalue weighted by atomic mass is 32.2. The molecule has 19 heavy (non-hydrogen) atoms. The Bertz CT molecular complexity index is 487. The van der Waals surface area contributed by atoms with Gasteiger partial charge in [-0.1, -0.05) is 0 Å². The first-order chi connectivity index (χ1) is 8.99. The van der Waals surface area contributed by atoms with Crippen molar-refractivity contribution in [3.05, 3.63) is 29.1 Å². The second-order valence-corrected chi connectivity index (χ2v) is 6.10. The lowest BCUT2D eigenvalue weighted by molar-refractivity contribution is 0.101. The molecule has 0 bridgehead atoms.